The monoisotopic (exact) mass is 293 g/mol. The summed E-state index contributed by atoms with van der Waals surface area (Å²) in [7, 11) is 0. The molecule has 5 heteroatoms. The minimum absolute atomic E-state index is 0.113. The highest BCUT2D eigenvalue weighted by molar-refractivity contribution is 5.92. The van der Waals surface area contributed by atoms with Gasteiger partial charge in [0.2, 0.25) is 0 Å². The van der Waals surface area contributed by atoms with Gasteiger partial charge in [0.25, 0.3) is 0 Å². The van der Waals surface area contributed by atoms with Gasteiger partial charge in [0.05, 0.1) is 11.9 Å². The van der Waals surface area contributed by atoms with Crippen molar-refractivity contribution in [1.82, 2.24) is 9.97 Å². The number of carboxylic acid groups (broad SMARTS) is 1. The average Bonchev–Trinajstić information content (AvgIpc) is 2.48. The van der Waals surface area contributed by atoms with Crippen LogP contribution in [0.5, 0.6) is 0 Å². The van der Waals surface area contributed by atoms with E-state index in [-0.39, 0.29) is 11.6 Å². The van der Waals surface area contributed by atoms with Gasteiger partial charge in [0, 0.05) is 19.0 Å². The molecule has 0 saturated heterocycles. The lowest BCUT2D eigenvalue weighted by Gasteiger charge is -2.28. The van der Waals surface area contributed by atoms with E-state index in [1.54, 1.807) is 6.20 Å². The number of carboxylic acids is 1. The van der Waals surface area contributed by atoms with Crippen LogP contribution in [0, 0.1) is 5.92 Å². The predicted octanol–water partition coefficient (Wildman–Crippen LogP) is 3.56. The Bertz CT molecular complexity index is 471. The van der Waals surface area contributed by atoms with Crippen molar-refractivity contribution in [2.24, 2.45) is 5.92 Å². The predicted molar refractivity (Wildman–Crippen MR) is 85.0 cm³/mol. The Hall–Kier alpha value is -1.65. The molecule has 21 heavy (non-hydrogen) atoms. The molecule has 0 unspecified atom stereocenters. The van der Waals surface area contributed by atoms with Crippen molar-refractivity contribution in [3.63, 3.8) is 0 Å². The van der Waals surface area contributed by atoms with Gasteiger partial charge in [-0.2, -0.15) is 0 Å². The van der Waals surface area contributed by atoms with Crippen LogP contribution < -0.4 is 4.90 Å². The molecular weight excluding hydrogens is 266 g/mol. The third-order valence-corrected chi connectivity index (χ3v) is 3.86. The molecule has 0 aliphatic rings. The molecule has 0 saturated carbocycles. The largest absolute Gasteiger partial charge is 0.476 e. The van der Waals surface area contributed by atoms with Gasteiger partial charge >= 0.3 is 5.97 Å². The second-order valence-electron chi connectivity index (χ2n) is 5.64. The Balaban J connectivity index is 3.16. The standard InChI is InChI=1S/C16H27N3O2/c1-6-12(7-2)10-19(8-3)13-9-17-15(11(4)5)18-14(13)16(20)21/h9,11-12H,6-8,10H2,1-5H3,(H,20,21). The molecule has 0 fully saturated rings. The molecule has 0 aliphatic carbocycles. The van der Waals surface area contributed by atoms with E-state index in [4.69, 9.17) is 0 Å². The van der Waals surface area contributed by atoms with Gasteiger partial charge in [-0.25, -0.2) is 14.8 Å². The summed E-state index contributed by atoms with van der Waals surface area (Å²) in [5, 5.41) is 9.45. The molecule has 1 aromatic rings. The molecule has 118 valence electrons. The Morgan fingerprint density at radius 2 is 1.90 bits per heavy atom. The summed E-state index contributed by atoms with van der Waals surface area (Å²) in [6, 6.07) is 0. The van der Waals surface area contributed by atoms with Crippen LogP contribution in [0.15, 0.2) is 6.20 Å². The Kier molecular flexibility index (Phi) is 6.59. The van der Waals surface area contributed by atoms with E-state index < -0.39 is 5.97 Å². The lowest BCUT2D eigenvalue weighted by molar-refractivity contribution is 0.0690. The van der Waals surface area contributed by atoms with Crippen molar-refractivity contribution in [2.45, 2.75) is 53.4 Å². The van der Waals surface area contributed by atoms with Crippen LogP contribution in [0.1, 0.15) is 69.7 Å². The highest BCUT2D eigenvalue weighted by atomic mass is 16.4. The molecule has 0 amide bonds. The summed E-state index contributed by atoms with van der Waals surface area (Å²) in [4.78, 5) is 22.2. The van der Waals surface area contributed by atoms with E-state index in [0.717, 1.165) is 25.9 Å². The van der Waals surface area contributed by atoms with E-state index in [9.17, 15) is 9.90 Å². The quantitative estimate of drug-likeness (QED) is 0.793. The summed E-state index contributed by atoms with van der Waals surface area (Å²) in [6.45, 7) is 11.9. The van der Waals surface area contributed by atoms with Crippen LogP contribution >= 0.6 is 0 Å². The van der Waals surface area contributed by atoms with Crippen LogP contribution in [0.25, 0.3) is 0 Å². The molecule has 0 atom stereocenters. The Labute approximate surface area is 127 Å². The van der Waals surface area contributed by atoms with E-state index in [0.29, 0.717) is 17.4 Å². The van der Waals surface area contributed by atoms with Crippen LogP contribution in [-0.2, 0) is 0 Å². The molecule has 0 spiro atoms. The Morgan fingerprint density at radius 3 is 2.33 bits per heavy atom. The molecule has 0 aromatic carbocycles. The molecule has 0 bridgehead atoms. The zero-order chi connectivity index (χ0) is 16.0. The zero-order valence-electron chi connectivity index (χ0n) is 13.8. The summed E-state index contributed by atoms with van der Waals surface area (Å²) in [6.07, 6.45) is 3.83. The fraction of sp³-hybridized carbons (Fsp3) is 0.688. The summed E-state index contributed by atoms with van der Waals surface area (Å²) in [5.74, 6) is 0.259. The first-order valence-corrected chi connectivity index (χ1v) is 7.79. The SMILES string of the molecule is CCC(CC)CN(CC)c1cnc(C(C)C)nc1C(=O)O. The first-order chi connectivity index (χ1) is 9.94. The van der Waals surface area contributed by atoms with Crippen LogP contribution in [0.4, 0.5) is 5.69 Å². The smallest absolute Gasteiger partial charge is 0.356 e. The van der Waals surface area contributed by atoms with Crippen molar-refractivity contribution in [1.29, 1.82) is 0 Å². The number of nitrogens with zero attached hydrogens (tertiary/aromatic N) is 3. The van der Waals surface area contributed by atoms with Crippen LogP contribution in [-0.4, -0.2) is 34.1 Å². The fourth-order valence-electron chi connectivity index (χ4n) is 2.31. The third kappa shape index (κ3) is 4.41. The molecule has 5 nitrogen and oxygen atoms in total. The van der Waals surface area contributed by atoms with Gasteiger partial charge in [-0.1, -0.05) is 40.5 Å². The second kappa shape index (κ2) is 7.96. The molecule has 0 aliphatic heterocycles. The number of rotatable bonds is 8. The zero-order valence-corrected chi connectivity index (χ0v) is 13.8. The van der Waals surface area contributed by atoms with Gasteiger partial charge in [0.15, 0.2) is 5.69 Å². The number of carbonyl (C=O) groups is 1. The lowest BCUT2D eigenvalue weighted by atomic mass is 10.0. The number of hydrogen-bond acceptors (Lipinski definition) is 4. The maximum Gasteiger partial charge on any atom is 0.356 e. The lowest BCUT2D eigenvalue weighted by Crippen LogP contribution is -2.31. The van der Waals surface area contributed by atoms with Crippen LogP contribution in [0.2, 0.25) is 0 Å². The first-order valence-electron chi connectivity index (χ1n) is 7.79. The number of anilines is 1. The van der Waals surface area contributed by atoms with Gasteiger partial charge in [-0.05, 0) is 12.8 Å². The number of aromatic carboxylic acids is 1. The van der Waals surface area contributed by atoms with Gasteiger partial charge in [0.1, 0.15) is 5.82 Å². The molecule has 1 rings (SSSR count). The first kappa shape index (κ1) is 17.4. The summed E-state index contributed by atoms with van der Waals surface area (Å²) in [5.41, 5.74) is 0.739. The Morgan fingerprint density at radius 1 is 1.29 bits per heavy atom. The van der Waals surface area contributed by atoms with E-state index in [1.165, 1.54) is 0 Å². The maximum absolute atomic E-state index is 11.5. The molecule has 0 radical (unpaired) electrons. The maximum atomic E-state index is 11.5. The second-order valence-corrected chi connectivity index (χ2v) is 5.64. The van der Waals surface area contributed by atoms with Crippen molar-refractivity contribution in [3.05, 3.63) is 17.7 Å². The highest BCUT2D eigenvalue weighted by Gasteiger charge is 2.21. The molecular formula is C16H27N3O2. The fourth-order valence-corrected chi connectivity index (χ4v) is 2.31. The molecule has 1 heterocycles. The summed E-state index contributed by atoms with van der Waals surface area (Å²) >= 11 is 0. The van der Waals surface area contributed by atoms with Crippen molar-refractivity contribution < 1.29 is 9.90 Å². The van der Waals surface area contributed by atoms with Crippen molar-refractivity contribution in [2.75, 3.05) is 18.0 Å². The molecule has 1 N–H and O–H groups in total. The van der Waals surface area contributed by atoms with Gasteiger partial charge < -0.3 is 10.0 Å². The van der Waals surface area contributed by atoms with Gasteiger partial charge in [-0.15, -0.1) is 0 Å². The topological polar surface area (TPSA) is 66.3 Å². The normalized spacial score (nSPS) is 11.2. The average molecular weight is 293 g/mol. The van der Waals surface area contributed by atoms with E-state index in [1.807, 2.05) is 20.8 Å². The minimum Gasteiger partial charge on any atom is -0.476 e. The number of hydrogen-bond donors (Lipinski definition) is 1. The third-order valence-electron chi connectivity index (χ3n) is 3.86. The highest BCUT2D eigenvalue weighted by Crippen LogP contribution is 2.23. The van der Waals surface area contributed by atoms with Crippen molar-refractivity contribution in [3.8, 4) is 0 Å². The van der Waals surface area contributed by atoms with Gasteiger partial charge in [-0.3, -0.25) is 0 Å². The van der Waals surface area contributed by atoms with Crippen LogP contribution in [0.3, 0.4) is 0 Å². The van der Waals surface area contributed by atoms with Crippen molar-refractivity contribution >= 4 is 11.7 Å². The van der Waals surface area contributed by atoms with E-state index in [2.05, 4.69) is 28.7 Å². The summed E-state index contributed by atoms with van der Waals surface area (Å²) < 4.78 is 0. The van der Waals surface area contributed by atoms with E-state index >= 15 is 0 Å². The minimum atomic E-state index is -0.989. The molecule has 1 aromatic heterocycles. The number of aromatic nitrogens is 2.